The molecular formula is C7H7BrN4O2S. The number of thioether (sulfide) groups is 1. The Bertz CT molecular complexity index is 517. The average Bonchev–Trinajstić information content (AvgIpc) is 2.74. The van der Waals surface area contributed by atoms with E-state index < -0.39 is 0 Å². The van der Waals surface area contributed by atoms with Crippen molar-refractivity contribution >= 4 is 27.7 Å². The van der Waals surface area contributed by atoms with Gasteiger partial charge in [0.25, 0.3) is 0 Å². The molecule has 0 aliphatic heterocycles. The van der Waals surface area contributed by atoms with Crippen molar-refractivity contribution in [2.45, 2.75) is 10.9 Å². The highest BCUT2D eigenvalue weighted by molar-refractivity contribution is 9.10. The summed E-state index contributed by atoms with van der Waals surface area (Å²) in [4.78, 5) is 11.0. The van der Waals surface area contributed by atoms with Gasteiger partial charge < -0.3 is 4.52 Å². The number of hydrogen-bond donors (Lipinski definition) is 1. The minimum atomic E-state index is -0.226. The van der Waals surface area contributed by atoms with Crippen molar-refractivity contribution in [1.82, 2.24) is 19.9 Å². The first-order chi connectivity index (χ1) is 7.16. The molecule has 0 unspecified atom stereocenters. The normalized spacial score (nSPS) is 10.8. The summed E-state index contributed by atoms with van der Waals surface area (Å²) in [6.45, 7) is 0. The van der Waals surface area contributed by atoms with E-state index in [2.05, 4.69) is 31.3 Å². The molecule has 2 rings (SSSR count). The molecule has 0 atom stereocenters. The van der Waals surface area contributed by atoms with Crippen LogP contribution in [-0.2, 0) is 12.8 Å². The summed E-state index contributed by atoms with van der Waals surface area (Å²) in [7, 11) is 1.66. The van der Waals surface area contributed by atoms with Gasteiger partial charge >= 0.3 is 5.69 Å². The van der Waals surface area contributed by atoms with Gasteiger partial charge in [0.15, 0.2) is 5.16 Å². The molecule has 2 aromatic heterocycles. The molecule has 0 amide bonds. The first-order valence-electron chi connectivity index (χ1n) is 4.02. The molecule has 0 radical (unpaired) electrons. The molecule has 0 aliphatic rings. The number of nitrogens with zero attached hydrogens (tertiary/aromatic N) is 3. The maximum atomic E-state index is 11.0. The van der Waals surface area contributed by atoms with Crippen molar-refractivity contribution in [2.24, 2.45) is 7.05 Å². The molecule has 0 aliphatic carbocycles. The van der Waals surface area contributed by atoms with Gasteiger partial charge in [-0.1, -0.05) is 16.9 Å². The zero-order valence-corrected chi connectivity index (χ0v) is 10.1. The predicted molar refractivity (Wildman–Crippen MR) is 57.6 cm³/mol. The van der Waals surface area contributed by atoms with E-state index in [1.165, 1.54) is 16.3 Å². The summed E-state index contributed by atoms with van der Waals surface area (Å²) < 4.78 is 7.09. The Balaban J connectivity index is 2.05. The number of nitrogens with one attached hydrogen (secondary N) is 1. The highest BCUT2D eigenvalue weighted by Crippen LogP contribution is 2.20. The summed E-state index contributed by atoms with van der Waals surface area (Å²) in [5.74, 6) is 1.30. The Kier molecular flexibility index (Phi) is 2.96. The third-order valence-corrected chi connectivity index (χ3v) is 3.14. The van der Waals surface area contributed by atoms with Crippen LogP contribution in [0.15, 0.2) is 25.1 Å². The van der Waals surface area contributed by atoms with Gasteiger partial charge in [-0.25, -0.2) is 9.89 Å². The Labute approximate surface area is 97.2 Å². The fourth-order valence-corrected chi connectivity index (χ4v) is 2.07. The van der Waals surface area contributed by atoms with Crippen LogP contribution in [0.25, 0.3) is 0 Å². The van der Waals surface area contributed by atoms with Gasteiger partial charge in [-0.15, -0.1) is 5.10 Å². The maximum Gasteiger partial charge on any atom is 0.343 e. The Hall–Kier alpha value is -1.02. The van der Waals surface area contributed by atoms with Crippen LogP contribution >= 0.6 is 27.7 Å². The van der Waals surface area contributed by atoms with Crippen molar-refractivity contribution in [2.75, 3.05) is 0 Å². The van der Waals surface area contributed by atoms with Crippen molar-refractivity contribution in [3.8, 4) is 0 Å². The first-order valence-corrected chi connectivity index (χ1v) is 5.80. The van der Waals surface area contributed by atoms with Crippen molar-refractivity contribution in [3.05, 3.63) is 26.9 Å². The maximum absolute atomic E-state index is 11.0. The van der Waals surface area contributed by atoms with E-state index in [9.17, 15) is 4.79 Å². The quantitative estimate of drug-likeness (QED) is 0.858. The molecule has 0 bridgehead atoms. The summed E-state index contributed by atoms with van der Waals surface area (Å²) in [5.41, 5.74) is -0.226. The Morgan fingerprint density at radius 2 is 2.53 bits per heavy atom. The monoisotopic (exact) mass is 290 g/mol. The lowest BCUT2D eigenvalue weighted by atomic mass is 10.5. The number of aromatic nitrogens is 4. The number of H-pyrrole nitrogens is 1. The van der Waals surface area contributed by atoms with Crippen LogP contribution < -0.4 is 5.69 Å². The molecule has 0 saturated heterocycles. The van der Waals surface area contributed by atoms with Gasteiger partial charge in [-0.05, 0) is 15.9 Å². The fourth-order valence-electron chi connectivity index (χ4n) is 0.953. The second kappa shape index (κ2) is 4.23. The molecule has 0 aromatic carbocycles. The molecule has 2 heterocycles. The smallest absolute Gasteiger partial charge is 0.343 e. The third kappa shape index (κ3) is 2.32. The largest absolute Gasteiger partial charge is 0.359 e. The second-order valence-electron chi connectivity index (χ2n) is 2.77. The van der Waals surface area contributed by atoms with Gasteiger partial charge in [0, 0.05) is 13.1 Å². The lowest BCUT2D eigenvalue weighted by molar-refractivity contribution is 0.391. The van der Waals surface area contributed by atoms with E-state index in [1.54, 1.807) is 13.1 Å². The standard InChI is InChI=1S/C7H7BrN4O2S/c1-12-6(13)9-10-7(12)15-3-4-2-5(8)11-14-4/h2H,3H2,1H3,(H,9,13). The summed E-state index contributed by atoms with van der Waals surface area (Å²) >= 11 is 4.59. The molecule has 0 saturated carbocycles. The minimum Gasteiger partial charge on any atom is -0.359 e. The molecular weight excluding hydrogens is 284 g/mol. The van der Waals surface area contributed by atoms with E-state index in [-0.39, 0.29) is 5.69 Å². The van der Waals surface area contributed by atoms with E-state index >= 15 is 0 Å². The van der Waals surface area contributed by atoms with Gasteiger partial charge in [0.2, 0.25) is 0 Å². The first kappa shape index (κ1) is 10.5. The van der Waals surface area contributed by atoms with Crippen LogP contribution in [0, 0.1) is 0 Å². The molecule has 1 N–H and O–H groups in total. The SMILES string of the molecule is Cn1c(SCc2cc(Br)no2)n[nH]c1=O. The lowest BCUT2D eigenvalue weighted by Crippen LogP contribution is -2.12. The van der Waals surface area contributed by atoms with Crippen LogP contribution in [-0.4, -0.2) is 19.9 Å². The third-order valence-electron chi connectivity index (χ3n) is 1.71. The van der Waals surface area contributed by atoms with Crippen molar-refractivity contribution in [3.63, 3.8) is 0 Å². The topological polar surface area (TPSA) is 76.7 Å². The van der Waals surface area contributed by atoms with Crippen LogP contribution in [0.3, 0.4) is 0 Å². The molecule has 8 heteroatoms. The number of aromatic amines is 1. The van der Waals surface area contributed by atoms with E-state index in [0.717, 1.165) is 5.76 Å². The molecule has 0 spiro atoms. The summed E-state index contributed by atoms with van der Waals surface area (Å²) in [6.07, 6.45) is 0. The number of halogens is 1. The summed E-state index contributed by atoms with van der Waals surface area (Å²) in [6, 6.07) is 1.78. The molecule has 0 fully saturated rings. The van der Waals surface area contributed by atoms with Gasteiger partial charge in [0.1, 0.15) is 10.4 Å². The lowest BCUT2D eigenvalue weighted by Gasteiger charge is -1.95. The number of rotatable bonds is 3. The van der Waals surface area contributed by atoms with Crippen molar-refractivity contribution in [1.29, 1.82) is 0 Å². The fraction of sp³-hybridized carbons (Fsp3) is 0.286. The van der Waals surface area contributed by atoms with Crippen LogP contribution in [0.4, 0.5) is 0 Å². The highest BCUT2D eigenvalue weighted by Gasteiger charge is 2.07. The van der Waals surface area contributed by atoms with Gasteiger partial charge in [-0.3, -0.25) is 4.57 Å². The average molecular weight is 291 g/mol. The zero-order chi connectivity index (χ0) is 10.8. The molecule has 15 heavy (non-hydrogen) atoms. The van der Waals surface area contributed by atoms with E-state index in [0.29, 0.717) is 15.5 Å². The minimum absolute atomic E-state index is 0.226. The molecule has 2 aromatic rings. The predicted octanol–water partition coefficient (Wildman–Crippen LogP) is 1.15. The van der Waals surface area contributed by atoms with Crippen LogP contribution in [0.1, 0.15) is 5.76 Å². The second-order valence-corrected chi connectivity index (χ2v) is 4.53. The number of hydrogen-bond acceptors (Lipinski definition) is 5. The van der Waals surface area contributed by atoms with E-state index in [4.69, 9.17) is 4.52 Å². The molecule has 80 valence electrons. The van der Waals surface area contributed by atoms with E-state index in [1.807, 2.05) is 0 Å². The highest BCUT2D eigenvalue weighted by atomic mass is 79.9. The molecule has 6 nitrogen and oxygen atoms in total. The van der Waals surface area contributed by atoms with Gasteiger partial charge in [-0.2, -0.15) is 0 Å². The summed E-state index contributed by atoms with van der Waals surface area (Å²) in [5, 5.41) is 10.5. The van der Waals surface area contributed by atoms with Crippen LogP contribution in [0.5, 0.6) is 0 Å². The van der Waals surface area contributed by atoms with Gasteiger partial charge in [0.05, 0.1) is 5.75 Å². The van der Waals surface area contributed by atoms with Crippen molar-refractivity contribution < 1.29 is 4.52 Å². The zero-order valence-electron chi connectivity index (χ0n) is 7.73. The Morgan fingerprint density at radius 3 is 3.07 bits per heavy atom. The Morgan fingerprint density at radius 1 is 1.73 bits per heavy atom. The van der Waals surface area contributed by atoms with Crippen LogP contribution in [0.2, 0.25) is 0 Å².